The lowest BCUT2D eigenvalue weighted by Gasteiger charge is -2.16. The molecule has 3 aromatic rings. The van der Waals surface area contributed by atoms with Gasteiger partial charge in [0, 0.05) is 36.7 Å². The van der Waals surface area contributed by atoms with Crippen molar-refractivity contribution in [1.82, 2.24) is 10.6 Å². The topological polar surface area (TPSA) is 93.0 Å². The number of furan rings is 1. The van der Waals surface area contributed by atoms with Gasteiger partial charge in [-0.25, -0.2) is 9.18 Å². The number of methoxy groups -OCH3 is 1. The monoisotopic (exact) mass is 467 g/mol. The van der Waals surface area contributed by atoms with Crippen LogP contribution in [-0.2, 0) is 22.6 Å². The molecule has 178 valence electrons. The van der Waals surface area contributed by atoms with Crippen LogP contribution in [0.2, 0.25) is 0 Å². The minimum atomic E-state index is -0.577. The molecule has 1 fully saturated rings. The van der Waals surface area contributed by atoms with E-state index in [0.717, 1.165) is 11.1 Å². The lowest BCUT2D eigenvalue weighted by molar-refractivity contribution is -0.119. The van der Waals surface area contributed by atoms with Crippen molar-refractivity contribution in [2.45, 2.75) is 26.1 Å². The number of nitrogens with zero attached hydrogens (tertiary/aromatic N) is 1. The van der Waals surface area contributed by atoms with Gasteiger partial charge in [0.1, 0.15) is 17.7 Å². The van der Waals surface area contributed by atoms with Crippen LogP contribution < -0.4 is 20.3 Å². The Morgan fingerprint density at radius 1 is 1.15 bits per heavy atom. The summed E-state index contributed by atoms with van der Waals surface area (Å²) in [6.45, 7) is 3.10. The highest BCUT2D eigenvalue weighted by Crippen LogP contribution is 2.35. The lowest BCUT2D eigenvalue weighted by Crippen LogP contribution is -2.33. The Balaban J connectivity index is 1.46. The van der Waals surface area contributed by atoms with Crippen molar-refractivity contribution in [3.63, 3.8) is 0 Å². The summed E-state index contributed by atoms with van der Waals surface area (Å²) in [4.78, 5) is 24.7. The number of benzene rings is 2. The van der Waals surface area contributed by atoms with Crippen LogP contribution in [0, 0.1) is 5.82 Å². The van der Waals surface area contributed by atoms with Gasteiger partial charge in [0.05, 0.1) is 38.4 Å². The summed E-state index contributed by atoms with van der Waals surface area (Å²) in [5.74, 6) is -0.149. The zero-order valence-corrected chi connectivity index (χ0v) is 19.0. The molecule has 34 heavy (non-hydrogen) atoms. The third kappa shape index (κ3) is 5.37. The van der Waals surface area contributed by atoms with Gasteiger partial charge in [0.15, 0.2) is 0 Å². The van der Waals surface area contributed by atoms with Crippen LogP contribution in [-0.4, -0.2) is 38.3 Å². The van der Waals surface area contributed by atoms with Crippen LogP contribution in [0.25, 0.3) is 11.1 Å². The van der Waals surface area contributed by atoms with E-state index < -0.39 is 18.0 Å². The second-order valence-corrected chi connectivity index (χ2v) is 7.99. The maximum absolute atomic E-state index is 15.1. The van der Waals surface area contributed by atoms with E-state index in [1.54, 1.807) is 31.8 Å². The lowest BCUT2D eigenvalue weighted by atomic mass is 10.0. The number of cyclic esters (lactones) is 1. The molecule has 1 aromatic heterocycles. The van der Waals surface area contributed by atoms with Gasteiger partial charge in [-0.15, -0.1) is 0 Å². The van der Waals surface area contributed by atoms with Crippen LogP contribution in [0.1, 0.15) is 18.1 Å². The second-order valence-electron chi connectivity index (χ2n) is 7.99. The Morgan fingerprint density at radius 3 is 2.65 bits per heavy atom. The molecule has 9 heteroatoms. The highest BCUT2D eigenvalue weighted by atomic mass is 19.1. The fourth-order valence-corrected chi connectivity index (χ4v) is 3.80. The molecular formula is C25H26FN3O5. The summed E-state index contributed by atoms with van der Waals surface area (Å²) in [5, 5.41) is 5.94. The van der Waals surface area contributed by atoms with Crippen molar-refractivity contribution in [2.75, 3.05) is 25.1 Å². The number of hydrogen-bond donors (Lipinski definition) is 2. The first kappa shape index (κ1) is 23.3. The van der Waals surface area contributed by atoms with Crippen molar-refractivity contribution in [2.24, 2.45) is 0 Å². The summed E-state index contributed by atoms with van der Waals surface area (Å²) >= 11 is 0. The number of anilines is 1. The van der Waals surface area contributed by atoms with Crippen LogP contribution in [0.4, 0.5) is 14.9 Å². The van der Waals surface area contributed by atoms with Crippen molar-refractivity contribution < 1.29 is 27.9 Å². The van der Waals surface area contributed by atoms with Gasteiger partial charge in [-0.05, 0) is 35.9 Å². The van der Waals surface area contributed by atoms with Gasteiger partial charge in [-0.3, -0.25) is 9.69 Å². The Labute approximate surface area is 196 Å². The molecule has 4 rings (SSSR count). The first-order chi connectivity index (χ1) is 16.4. The van der Waals surface area contributed by atoms with Crippen LogP contribution >= 0.6 is 0 Å². The molecule has 0 saturated carbocycles. The number of hydrogen-bond acceptors (Lipinski definition) is 6. The first-order valence-electron chi connectivity index (χ1n) is 10.9. The molecule has 2 heterocycles. The Bertz CT molecular complexity index is 1170. The number of carbonyl (C=O) groups excluding carboxylic acids is 2. The van der Waals surface area contributed by atoms with E-state index in [1.165, 1.54) is 17.9 Å². The van der Waals surface area contributed by atoms with E-state index in [2.05, 4.69) is 10.6 Å². The standard InChI is InChI=1S/C25H26FN3O5/c1-16(30)28-13-20-14-29(25(31)34-20)19-4-6-21(23(26)10-19)22-5-3-17(9-24(22)32-2)11-27-12-18-7-8-33-15-18/h3-10,15,20,27H,11-14H2,1-2H3,(H,28,30). The smallest absolute Gasteiger partial charge is 0.414 e. The van der Waals surface area contributed by atoms with E-state index in [1.807, 2.05) is 24.3 Å². The van der Waals surface area contributed by atoms with Crippen molar-refractivity contribution in [3.05, 3.63) is 71.9 Å². The third-order valence-electron chi connectivity index (χ3n) is 5.51. The Kier molecular flexibility index (Phi) is 7.12. The van der Waals surface area contributed by atoms with Crippen molar-refractivity contribution >= 4 is 17.7 Å². The molecule has 2 aromatic carbocycles. The summed E-state index contributed by atoms with van der Waals surface area (Å²) in [6, 6.07) is 12.1. The van der Waals surface area contributed by atoms with Gasteiger partial charge in [0.25, 0.3) is 0 Å². The van der Waals surface area contributed by atoms with E-state index in [4.69, 9.17) is 13.9 Å². The summed E-state index contributed by atoms with van der Waals surface area (Å²) in [7, 11) is 1.54. The van der Waals surface area contributed by atoms with Crippen molar-refractivity contribution in [1.29, 1.82) is 0 Å². The largest absolute Gasteiger partial charge is 0.496 e. The molecule has 2 amide bonds. The summed E-state index contributed by atoms with van der Waals surface area (Å²) in [6.07, 6.45) is 2.25. The molecule has 0 radical (unpaired) electrons. The molecular weight excluding hydrogens is 441 g/mol. The van der Waals surface area contributed by atoms with Gasteiger partial charge in [0.2, 0.25) is 5.91 Å². The van der Waals surface area contributed by atoms with Crippen molar-refractivity contribution in [3.8, 4) is 16.9 Å². The van der Waals surface area contributed by atoms with Crippen LogP contribution in [0.5, 0.6) is 5.75 Å². The summed E-state index contributed by atoms with van der Waals surface area (Å²) in [5.41, 5.74) is 3.40. The Morgan fingerprint density at radius 2 is 1.94 bits per heavy atom. The fourth-order valence-electron chi connectivity index (χ4n) is 3.80. The normalized spacial score (nSPS) is 15.3. The van der Waals surface area contributed by atoms with E-state index in [-0.39, 0.29) is 19.0 Å². The second kappa shape index (κ2) is 10.4. The first-order valence-corrected chi connectivity index (χ1v) is 10.9. The average molecular weight is 467 g/mol. The zero-order chi connectivity index (χ0) is 24.1. The predicted octanol–water partition coefficient (Wildman–Crippen LogP) is 3.85. The number of rotatable bonds is 9. The molecule has 8 nitrogen and oxygen atoms in total. The maximum atomic E-state index is 15.1. The zero-order valence-electron chi connectivity index (χ0n) is 19.0. The minimum Gasteiger partial charge on any atom is -0.496 e. The molecule has 0 bridgehead atoms. The Hall–Kier alpha value is -3.85. The highest BCUT2D eigenvalue weighted by Gasteiger charge is 2.32. The number of carbonyl (C=O) groups is 2. The molecule has 1 atom stereocenters. The molecule has 1 aliphatic heterocycles. The molecule has 2 N–H and O–H groups in total. The van der Waals surface area contributed by atoms with Gasteiger partial charge in [-0.1, -0.05) is 12.1 Å². The molecule has 1 saturated heterocycles. The molecule has 1 aliphatic rings. The summed E-state index contributed by atoms with van der Waals surface area (Å²) < 4.78 is 31.0. The van der Waals surface area contributed by atoms with Gasteiger partial charge >= 0.3 is 6.09 Å². The SMILES string of the molecule is COc1cc(CNCc2ccoc2)ccc1-c1ccc(N2CC(CNC(C)=O)OC2=O)cc1F. The molecule has 1 unspecified atom stereocenters. The number of amides is 2. The van der Waals surface area contributed by atoms with E-state index in [9.17, 15) is 9.59 Å². The maximum Gasteiger partial charge on any atom is 0.414 e. The van der Waals surface area contributed by atoms with E-state index in [0.29, 0.717) is 35.7 Å². The van der Waals surface area contributed by atoms with E-state index >= 15 is 4.39 Å². The number of ether oxygens (including phenoxy) is 2. The molecule has 0 spiro atoms. The van der Waals surface area contributed by atoms with Crippen LogP contribution in [0.15, 0.2) is 59.4 Å². The minimum absolute atomic E-state index is 0.207. The average Bonchev–Trinajstić information content (AvgIpc) is 3.47. The number of nitrogens with one attached hydrogen (secondary N) is 2. The number of halogens is 1. The predicted molar refractivity (Wildman–Crippen MR) is 124 cm³/mol. The third-order valence-corrected chi connectivity index (χ3v) is 5.51. The molecule has 0 aliphatic carbocycles. The van der Waals surface area contributed by atoms with Gasteiger partial charge < -0.3 is 24.5 Å². The van der Waals surface area contributed by atoms with Gasteiger partial charge in [-0.2, -0.15) is 0 Å². The quantitative estimate of drug-likeness (QED) is 0.497. The highest BCUT2D eigenvalue weighted by molar-refractivity contribution is 5.90. The fraction of sp³-hybridized carbons (Fsp3) is 0.280. The van der Waals surface area contributed by atoms with Crippen LogP contribution in [0.3, 0.4) is 0 Å².